The number of hydrogen-bond acceptors (Lipinski definition) is 3. The van der Waals surface area contributed by atoms with Gasteiger partial charge in [0.05, 0.1) is 12.7 Å². The smallest absolute Gasteiger partial charge is 0.340 e. The van der Waals surface area contributed by atoms with E-state index in [9.17, 15) is 9.18 Å². The predicted octanol–water partition coefficient (Wildman–Crippen LogP) is 4.91. The summed E-state index contributed by atoms with van der Waals surface area (Å²) >= 11 is 0. The third kappa shape index (κ3) is 4.88. The number of carbonyl (C=O) groups excluding carboxylic acids is 1. The largest absolute Gasteiger partial charge is 0.465 e. The molecule has 0 aliphatic heterocycles. The number of nitrogen functional groups attached to an aromatic ring is 1. The number of halogens is 1. The Labute approximate surface area is 131 Å². The van der Waals surface area contributed by atoms with Crippen LogP contribution in [0.25, 0.3) is 11.1 Å². The van der Waals surface area contributed by atoms with E-state index < -0.39 is 11.8 Å². The van der Waals surface area contributed by atoms with Gasteiger partial charge in [0.1, 0.15) is 5.82 Å². The molecule has 2 aromatic carbocycles. The summed E-state index contributed by atoms with van der Waals surface area (Å²) in [5.41, 5.74) is 7.04. The predicted molar refractivity (Wildman–Crippen MR) is 90.3 cm³/mol. The minimum atomic E-state index is -0.647. The molecule has 0 saturated carbocycles. The number of hydrogen-bond donors (Lipinski definition) is 1. The van der Waals surface area contributed by atoms with E-state index in [1.54, 1.807) is 24.3 Å². The molecule has 0 spiro atoms. The number of esters is 1. The van der Waals surface area contributed by atoms with Crippen LogP contribution in [-0.2, 0) is 4.74 Å². The van der Waals surface area contributed by atoms with Gasteiger partial charge in [-0.05, 0) is 17.7 Å². The van der Waals surface area contributed by atoms with Gasteiger partial charge in [-0.3, -0.25) is 0 Å². The van der Waals surface area contributed by atoms with Gasteiger partial charge in [-0.15, -0.1) is 0 Å². The van der Waals surface area contributed by atoms with Crippen molar-refractivity contribution < 1.29 is 13.9 Å². The van der Waals surface area contributed by atoms with Crippen LogP contribution in [0.3, 0.4) is 0 Å². The summed E-state index contributed by atoms with van der Waals surface area (Å²) < 4.78 is 18.5. The Balaban J connectivity index is 0.00000102. The van der Waals surface area contributed by atoms with Crippen LogP contribution < -0.4 is 5.73 Å². The van der Waals surface area contributed by atoms with Gasteiger partial charge >= 0.3 is 5.97 Å². The Morgan fingerprint density at radius 3 is 2.09 bits per heavy atom. The SMILES string of the molecule is CC.CC.COC(=O)c1cc(F)c(-c2ccccc2)cc1N. The summed E-state index contributed by atoms with van der Waals surface area (Å²) in [7, 11) is 1.23. The maximum atomic E-state index is 13.9. The lowest BCUT2D eigenvalue weighted by atomic mass is 10.0. The Morgan fingerprint density at radius 2 is 1.59 bits per heavy atom. The van der Waals surface area contributed by atoms with Crippen LogP contribution in [0.2, 0.25) is 0 Å². The molecule has 2 aromatic rings. The molecule has 0 aromatic heterocycles. The van der Waals surface area contributed by atoms with Crippen LogP contribution in [-0.4, -0.2) is 13.1 Å². The molecule has 0 atom stereocenters. The van der Waals surface area contributed by atoms with Crippen molar-refractivity contribution in [3.8, 4) is 11.1 Å². The molecular weight excluding hydrogens is 281 g/mol. The summed E-state index contributed by atoms with van der Waals surface area (Å²) in [6, 6.07) is 11.5. The van der Waals surface area contributed by atoms with E-state index in [2.05, 4.69) is 4.74 Å². The highest BCUT2D eigenvalue weighted by atomic mass is 19.1. The van der Waals surface area contributed by atoms with E-state index in [1.165, 1.54) is 13.2 Å². The maximum absolute atomic E-state index is 13.9. The first-order chi connectivity index (χ1) is 10.6. The van der Waals surface area contributed by atoms with E-state index in [1.807, 2.05) is 33.8 Å². The highest BCUT2D eigenvalue weighted by molar-refractivity contribution is 5.96. The van der Waals surface area contributed by atoms with Gasteiger partial charge in [-0.2, -0.15) is 0 Å². The van der Waals surface area contributed by atoms with Gasteiger partial charge in [0.15, 0.2) is 0 Å². The van der Waals surface area contributed by atoms with Crippen LogP contribution in [0.5, 0.6) is 0 Å². The summed E-state index contributed by atoms with van der Waals surface area (Å²) in [6.45, 7) is 8.00. The van der Waals surface area contributed by atoms with Gasteiger partial charge in [0, 0.05) is 11.3 Å². The molecule has 120 valence electrons. The Kier molecular flexibility index (Phi) is 9.27. The molecule has 0 saturated heterocycles. The fraction of sp³-hybridized carbons (Fsp3) is 0.278. The number of carbonyl (C=O) groups is 1. The number of rotatable bonds is 2. The van der Waals surface area contributed by atoms with Gasteiger partial charge in [0.25, 0.3) is 0 Å². The molecule has 2 rings (SSSR count). The fourth-order valence-electron chi connectivity index (χ4n) is 1.72. The van der Waals surface area contributed by atoms with Crippen LogP contribution in [0.15, 0.2) is 42.5 Å². The average molecular weight is 305 g/mol. The van der Waals surface area contributed by atoms with Crippen LogP contribution >= 0.6 is 0 Å². The van der Waals surface area contributed by atoms with Crippen molar-refractivity contribution in [1.82, 2.24) is 0 Å². The van der Waals surface area contributed by atoms with E-state index in [0.717, 1.165) is 6.07 Å². The Morgan fingerprint density at radius 1 is 1.05 bits per heavy atom. The molecule has 0 unspecified atom stereocenters. The van der Waals surface area contributed by atoms with Crippen molar-refractivity contribution in [3.63, 3.8) is 0 Å². The van der Waals surface area contributed by atoms with Crippen LogP contribution in [0.1, 0.15) is 38.1 Å². The first-order valence-electron chi connectivity index (χ1n) is 7.36. The zero-order chi connectivity index (χ0) is 17.1. The maximum Gasteiger partial charge on any atom is 0.340 e. The third-order valence-electron chi connectivity index (χ3n) is 2.63. The molecule has 0 aliphatic carbocycles. The van der Waals surface area contributed by atoms with Gasteiger partial charge < -0.3 is 10.5 Å². The van der Waals surface area contributed by atoms with E-state index in [4.69, 9.17) is 5.73 Å². The molecule has 0 heterocycles. The van der Waals surface area contributed by atoms with Crippen LogP contribution in [0.4, 0.5) is 10.1 Å². The first kappa shape index (κ1) is 19.6. The van der Waals surface area contributed by atoms with E-state index in [-0.39, 0.29) is 11.3 Å². The van der Waals surface area contributed by atoms with Gasteiger partial charge in [-0.1, -0.05) is 58.0 Å². The molecular formula is C18H24FNO2. The minimum Gasteiger partial charge on any atom is -0.465 e. The van der Waals surface area contributed by atoms with E-state index >= 15 is 0 Å². The minimum absolute atomic E-state index is 0.0367. The highest BCUT2D eigenvalue weighted by Crippen LogP contribution is 2.27. The standard InChI is InChI=1S/C14H12FNO2.2C2H6/c1-18-14(17)11-7-12(15)10(8-13(11)16)9-5-3-2-4-6-9;2*1-2/h2-8H,16H2,1H3;2*1-2H3. The van der Waals surface area contributed by atoms with E-state index in [0.29, 0.717) is 11.1 Å². The molecule has 3 nitrogen and oxygen atoms in total. The molecule has 4 heteroatoms. The number of ether oxygens (including phenoxy) is 1. The Bertz CT molecular complexity index is 583. The summed E-state index contributed by atoms with van der Waals surface area (Å²) in [6.07, 6.45) is 0. The second-order valence-electron chi connectivity index (χ2n) is 3.78. The lowest BCUT2D eigenvalue weighted by Gasteiger charge is -2.08. The van der Waals surface area contributed by atoms with Crippen molar-refractivity contribution in [2.75, 3.05) is 12.8 Å². The second kappa shape index (κ2) is 10.4. The molecule has 2 N–H and O–H groups in total. The summed E-state index contributed by atoms with van der Waals surface area (Å²) in [5, 5.41) is 0. The normalized spacial score (nSPS) is 8.82. The average Bonchev–Trinajstić information content (AvgIpc) is 2.60. The summed E-state index contributed by atoms with van der Waals surface area (Å²) in [4.78, 5) is 11.4. The second-order valence-corrected chi connectivity index (χ2v) is 3.78. The molecule has 0 amide bonds. The monoisotopic (exact) mass is 305 g/mol. The van der Waals surface area contributed by atoms with Crippen molar-refractivity contribution in [2.24, 2.45) is 0 Å². The zero-order valence-corrected chi connectivity index (χ0v) is 13.8. The topological polar surface area (TPSA) is 52.3 Å². The number of nitrogens with two attached hydrogens (primary N) is 1. The van der Waals surface area contributed by atoms with Crippen LogP contribution in [0, 0.1) is 5.82 Å². The van der Waals surface area contributed by atoms with Crippen molar-refractivity contribution >= 4 is 11.7 Å². The zero-order valence-electron chi connectivity index (χ0n) is 13.8. The van der Waals surface area contributed by atoms with Gasteiger partial charge in [-0.25, -0.2) is 9.18 Å². The Hall–Kier alpha value is -2.36. The quantitative estimate of drug-likeness (QED) is 0.633. The number of methoxy groups -OCH3 is 1. The van der Waals surface area contributed by atoms with Crippen molar-refractivity contribution in [2.45, 2.75) is 27.7 Å². The lowest BCUT2D eigenvalue weighted by molar-refractivity contribution is 0.0601. The molecule has 22 heavy (non-hydrogen) atoms. The molecule has 0 fully saturated rings. The lowest BCUT2D eigenvalue weighted by Crippen LogP contribution is -2.06. The highest BCUT2D eigenvalue weighted by Gasteiger charge is 2.15. The molecule has 0 bridgehead atoms. The number of benzene rings is 2. The number of anilines is 1. The van der Waals surface area contributed by atoms with Gasteiger partial charge in [0.2, 0.25) is 0 Å². The van der Waals surface area contributed by atoms with Crippen molar-refractivity contribution in [1.29, 1.82) is 0 Å². The third-order valence-corrected chi connectivity index (χ3v) is 2.63. The fourth-order valence-corrected chi connectivity index (χ4v) is 1.72. The molecule has 0 aliphatic rings. The van der Waals surface area contributed by atoms with Crippen molar-refractivity contribution in [3.05, 3.63) is 53.8 Å². The molecule has 0 radical (unpaired) electrons. The summed E-state index contributed by atoms with van der Waals surface area (Å²) in [5.74, 6) is -1.15. The first-order valence-corrected chi connectivity index (χ1v) is 7.36.